The fourth-order valence-corrected chi connectivity index (χ4v) is 2.97. The van der Waals surface area contributed by atoms with E-state index in [4.69, 9.17) is 4.74 Å². The highest BCUT2D eigenvalue weighted by molar-refractivity contribution is 14.1. The second-order valence-electron chi connectivity index (χ2n) is 3.25. The van der Waals surface area contributed by atoms with Gasteiger partial charge in [0.25, 0.3) is 0 Å². The Morgan fingerprint density at radius 1 is 1.38 bits per heavy atom. The summed E-state index contributed by atoms with van der Waals surface area (Å²) in [5.41, 5.74) is 0.625. The molecule has 0 unspecified atom stereocenters. The number of halogens is 1. The molecular weight excluding hydrogens is 341 g/mol. The molecule has 0 amide bonds. The Balaban J connectivity index is 2.63. The molecule has 0 aliphatic rings. The van der Waals surface area contributed by atoms with E-state index >= 15 is 0 Å². The van der Waals surface area contributed by atoms with Crippen LogP contribution in [0.4, 0.5) is 5.69 Å². The van der Waals surface area contributed by atoms with E-state index in [9.17, 15) is 8.42 Å². The minimum Gasteiger partial charge on any atom is -0.385 e. The molecule has 90 valence electrons. The van der Waals surface area contributed by atoms with Crippen LogP contribution >= 0.6 is 22.6 Å². The van der Waals surface area contributed by atoms with Crippen molar-refractivity contribution >= 4 is 38.3 Å². The second kappa shape index (κ2) is 6.41. The fourth-order valence-electron chi connectivity index (χ4n) is 1.16. The zero-order valence-corrected chi connectivity index (χ0v) is 11.9. The van der Waals surface area contributed by atoms with Crippen molar-refractivity contribution in [2.24, 2.45) is 0 Å². The predicted molar refractivity (Wildman–Crippen MR) is 73.1 cm³/mol. The molecule has 0 saturated heterocycles. The molecule has 0 bridgehead atoms. The van der Waals surface area contributed by atoms with Crippen LogP contribution in [0.2, 0.25) is 0 Å². The van der Waals surface area contributed by atoms with E-state index in [0.29, 0.717) is 18.7 Å². The molecule has 6 heteroatoms. The summed E-state index contributed by atoms with van der Waals surface area (Å²) in [7, 11) is -1.71. The molecule has 0 aliphatic heterocycles. The van der Waals surface area contributed by atoms with Gasteiger partial charge in [-0.05, 0) is 41.1 Å². The average molecular weight is 355 g/mol. The summed E-state index contributed by atoms with van der Waals surface area (Å²) in [5, 5.41) is 0. The number of benzene rings is 1. The zero-order chi connectivity index (χ0) is 12.0. The smallest absolute Gasteiger partial charge is 0.232 e. The lowest BCUT2D eigenvalue weighted by Crippen LogP contribution is -2.18. The van der Waals surface area contributed by atoms with Crippen molar-refractivity contribution in [3.63, 3.8) is 0 Å². The SMILES string of the molecule is COCCCS(=O)(=O)Nc1ccccc1I. The summed E-state index contributed by atoms with van der Waals surface area (Å²) < 4.78 is 31.6. The van der Waals surface area contributed by atoms with Crippen LogP contribution < -0.4 is 4.72 Å². The maximum Gasteiger partial charge on any atom is 0.232 e. The maximum atomic E-state index is 11.7. The van der Waals surface area contributed by atoms with Crippen molar-refractivity contribution in [3.8, 4) is 0 Å². The number of hydrogen-bond donors (Lipinski definition) is 1. The fraction of sp³-hybridized carbons (Fsp3) is 0.400. The molecule has 0 radical (unpaired) electrons. The molecule has 0 aromatic heterocycles. The summed E-state index contributed by atoms with van der Waals surface area (Å²) >= 11 is 2.09. The number of rotatable bonds is 6. The molecule has 0 atom stereocenters. The lowest BCUT2D eigenvalue weighted by Gasteiger charge is -2.09. The van der Waals surface area contributed by atoms with Gasteiger partial charge >= 0.3 is 0 Å². The highest BCUT2D eigenvalue weighted by Crippen LogP contribution is 2.18. The third-order valence-electron chi connectivity index (χ3n) is 1.90. The van der Waals surface area contributed by atoms with E-state index in [0.717, 1.165) is 3.57 Å². The standard InChI is InChI=1S/C10H14INO3S/c1-15-7-4-8-16(13,14)12-10-6-3-2-5-9(10)11/h2-3,5-6,12H,4,7-8H2,1H3. The number of methoxy groups -OCH3 is 1. The van der Waals surface area contributed by atoms with Crippen LogP contribution in [0.25, 0.3) is 0 Å². The molecular formula is C10H14INO3S. The lowest BCUT2D eigenvalue weighted by atomic mass is 10.3. The second-order valence-corrected chi connectivity index (χ2v) is 6.25. The van der Waals surface area contributed by atoms with Crippen molar-refractivity contribution in [2.75, 3.05) is 24.2 Å². The van der Waals surface area contributed by atoms with E-state index in [1.54, 1.807) is 19.2 Å². The number of nitrogens with one attached hydrogen (secondary N) is 1. The monoisotopic (exact) mass is 355 g/mol. The van der Waals surface area contributed by atoms with E-state index < -0.39 is 10.0 Å². The summed E-state index contributed by atoms with van der Waals surface area (Å²) in [6.07, 6.45) is 0.495. The molecule has 0 spiro atoms. The first-order valence-corrected chi connectivity index (χ1v) is 7.52. The van der Waals surface area contributed by atoms with Crippen LogP contribution in [0, 0.1) is 3.57 Å². The molecule has 16 heavy (non-hydrogen) atoms. The van der Waals surface area contributed by atoms with Crippen LogP contribution in [0.1, 0.15) is 6.42 Å². The van der Waals surface area contributed by atoms with Gasteiger partial charge in [-0.15, -0.1) is 0 Å². The van der Waals surface area contributed by atoms with Crippen molar-refractivity contribution in [3.05, 3.63) is 27.8 Å². The van der Waals surface area contributed by atoms with E-state index in [2.05, 4.69) is 27.3 Å². The molecule has 0 fully saturated rings. The highest BCUT2D eigenvalue weighted by atomic mass is 127. The Hall–Kier alpha value is -0.340. The predicted octanol–water partition coefficient (Wildman–Crippen LogP) is 2.07. The number of hydrogen-bond acceptors (Lipinski definition) is 3. The van der Waals surface area contributed by atoms with Crippen LogP contribution in [0.15, 0.2) is 24.3 Å². The topological polar surface area (TPSA) is 55.4 Å². The summed E-state index contributed by atoms with van der Waals surface area (Å²) in [5.74, 6) is 0.0752. The normalized spacial score (nSPS) is 11.4. The zero-order valence-electron chi connectivity index (χ0n) is 8.94. The van der Waals surface area contributed by atoms with Crippen LogP contribution in [-0.2, 0) is 14.8 Å². The quantitative estimate of drug-likeness (QED) is 0.628. The van der Waals surface area contributed by atoms with Crippen molar-refractivity contribution < 1.29 is 13.2 Å². The van der Waals surface area contributed by atoms with E-state index in [-0.39, 0.29) is 5.75 Å². The average Bonchev–Trinajstić information content (AvgIpc) is 2.21. The van der Waals surface area contributed by atoms with Crippen LogP contribution in [0.3, 0.4) is 0 Å². The van der Waals surface area contributed by atoms with E-state index in [1.807, 2.05) is 12.1 Å². The Labute approximate surface area is 110 Å². The Kier molecular flexibility index (Phi) is 5.50. The van der Waals surface area contributed by atoms with Gasteiger partial charge in [0.1, 0.15) is 0 Å². The molecule has 1 aromatic carbocycles. The summed E-state index contributed by atoms with van der Waals surface area (Å²) in [4.78, 5) is 0. The largest absolute Gasteiger partial charge is 0.385 e. The molecule has 1 N–H and O–H groups in total. The van der Waals surface area contributed by atoms with Gasteiger partial charge < -0.3 is 4.74 Å². The first-order valence-electron chi connectivity index (χ1n) is 4.79. The van der Waals surface area contributed by atoms with Gasteiger partial charge in [0.15, 0.2) is 0 Å². The maximum absolute atomic E-state index is 11.7. The van der Waals surface area contributed by atoms with Crippen LogP contribution in [0.5, 0.6) is 0 Å². The molecule has 1 rings (SSSR count). The van der Waals surface area contributed by atoms with Crippen molar-refractivity contribution in [2.45, 2.75) is 6.42 Å². The van der Waals surface area contributed by atoms with Gasteiger partial charge in [0.2, 0.25) is 10.0 Å². The highest BCUT2D eigenvalue weighted by Gasteiger charge is 2.11. The molecule has 4 nitrogen and oxygen atoms in total. The molecule has 0 heterocycles. The number of para-hydroxylation sites is 1. The Morgan fingerprint density at radius 3 is 2.69 bits per heavy atom. The minimum atomic E-state index is -3.26. The Bertz CT molecular complexity index is 433. The summed E-state index contributed by atoms with van der Waals surface area (Å²) in [6.45, 7) is 0.451. The first kappa shape index (κ1) is 13.7. The Morgan fingerprint density at radius 2 is 2.06 bits per heavy atom. The van der Waals surface area contributed by atoms with Gasteiger partial charge in [-0.2, -0.15) is 0 Å². The van der Waals surface area contributed by atoms with Gasteiger partial charge in [-0.1, -0.05) is 12.1 Å². The summed E-state index contributed by atoms with van der Waals surface area (Å²) in [6, 6.07) is 7.27. The number of ether oxygens (including phenoxy) is 1. The molecule has 0 aliphatic carbocycles. The lowest BCUT2D eigenvalue weighted by molar-refractivity contribution is 0.199. The molecule has 1 aromatic rings. The third kappa shape index (κ3) is 4.67. The van der Waals surface area contributed by atoms with Gasteiger partial charge in [-0.3, -0.25) is 4.72 Å². The van der Waals surface area contributed by atoms with Crippen molar-refractivity contribution in [1.29, 1.82) is 0 Å². The van der Waals surface area contributed by atoms with Gasteiger partial charge in [0, 0.05) is 17.3 Å². The minimum absolute atomic E-state index is 0.0752. The van der Waals surface area contributed by atoms with E-state index in [1.165, 1.54) is 0 Å². The van der Waals surface area contributed by atoms with Crippen LogP contribution in [-0.4, -0.2) is 27.9 Å². The first-order chi connectivity index (χ1) is 7.55. The molecule has 0 saturated carbocycles. The van der Waals surface area contributed by atoms with Gasteiger partial charge in [0.05, 0.1) is 11.4 Å². The number of sulfonamides is 1. The third-order valence-corrected chi connectivity index (χ3v) is 4.20. The number of anilines is 1. The van der Waals surface area contributed by atoms with Crippen molar-refractivity contribution in [1.82, 2.24) is 0 Å². The van der Waals surface area contributed by atoms with Gasteiger partial charge in [-0.25, -0.2) is 8.42 Å².